The van der Waals surface area contributed by atoms with Gasteiger partial charge in [0.25, 0.3) is 5.91 Å². The Hall–Kier alpha value is -3.43. The van der Waals surface area contributed by atoms with Gasteiger partial charge in [0.05, 0.1) is 6.07 Å². The molecule has 6 nitrogen and oxygen atoms in total. The molecule has 1 aromatic heterocycles. The fraction of sp³-hybridized carbons (Fsp3) is 0.227. The first-order valence-corrected chi connectivity index (χ1v) is 9.12. The van der Waals surface area contributed by atoms with Crippen LogP contribution >= 0.6 is 0 Å². The van der Waals surface area contributed by atoms with E-state index >= 15 is 0 Å². The van der Waals surface area contributed by atoms with Crippen LogP contribution in [0.3, 0.4) is 0 Å². The van der Waals surface area contributed by atoms with Gasteiger partial charge in [0.15, 0.2) is 5.76 Å². The number of benzene rings is 2. The Kier molecular flexibility index (Phi) is 6.20. The van der Waals surface area contributed by atoms with Crippen LogP contribution in [-0.2, 0) is 6.54 Å². The van der Waals surface area contributed by atoms with Crippen LogP contribution in [-0.4, -0.2) is 23.7 Å². The van der Waals surface area contributed by atoms with Crippen LogP contribution in [0.4, 0.5) is 0 Å². The average Bonchev–Trinajstić information content (AvgIpc) is 3.21. The molecule has 0 bridgehead atoms. The third-order valence-electron chi connectivity index (χ3n) is 4.21. The van der Waals surface area contributed by atoms with E-state index < -0.39 is 0 Å². The zero-order valence-corrected chi connectivity index (χ0v) is 15.9. The van der Waals surface area contributed by atoms with E-state index in [2.05, 4.69) is 41.8 Å². The molecule has 6 heteroatoms. The maximum atomic E-state index is 12.0. The Balaban J connectivity index is 1.75. The van der Waals surface area contributed by atoms with E-state index in [0.717, 1.165) is 17.7 Å². The normalized spacial score (nSPS) is 10.6. The molecule has 0 radical (unpaired) electrons. The molecule has 2 N–H and O–H groups in total. The highest BCUT2D eigenvalue weighted by atomic mass is 16.5. The Morgan fingerprint density at radius 2 is 1.93 bits per heavy atom. The quantitative estimate of drug-likeness (QED) is 0.615. The van der Waals surface area contributed by atoms with Crippen molar-refractivity contribution in [2.45, 2.75) is 26.4 Å². The summed E-state index contributed by atoms with van der Waals surface area (Å²) in [6.07, 6.45) is 0. The zero-order valence-electron chi connectivity index (χ0n) is 15.9. The summed E-state index contributed by atoms with van der Waals surface area (Å²) in [4.78, 5) is 12.0. The third kappa shape index (κ3) is 4.84. The summed E-state index contributed by atoms with van der Waals surface area (Å²) in [5.41, 5.74) is 4.04. The van der Waals surface area contributed by atoms with Gasteiger partial charge >= 0.3 is 0 Å². The second-order valence-electron chi connectivity index (χ2n) is 6.73. The van der Waals surface area contributed by atoms with Crippen molar-refractivity contribution in [3.05, 3.63) is 65.7 Å². The van der Waals surface area contributed by atoms with Crippen LogP contribution in [0.15, 0.2) is 59.1 Å². The molecule has 0 saturated carbocycles. The predicted octanol–water partition coefficient (Wildman–Crippen LogP) is 3.76. The summed E-state index contributed by atoms with van der Waals surface area (Å²) in [5.74, 6) is 0.371. The van der Waals surface area contributed by atoms with Crippen LogP contribution in [0, 0.1) is 11.3 Å². The highest BCUT2D eigenvalue weighted by Crippen LogP contribution is 2.26. The minimum atomic E-state index is -0.294. The van der Waals surface area contributed by atoms with Crippen molar-refractivity contribution < 1.29 is 9.32 Å². The summed E-state index contributed by atoms with van der Waals surface area (Å²) in [5, 5.41) is 18.6. The lowest BCUT2D eigenvalue weighted by Gasteiger charge is -2.08. The van der Waals surface area contributed by atoms with Gasteiger partial charge in [-0.25, -0.2) is 0 Å². The van der Waals surface area contributed by atoms with Gasteiger partial charge in [-0.3, -0.25) is 4.79 Å². The number of carbonyl (C=O) groups is 1. The molecule has 0 atom stereocenters. The third-order valence-corrected chi connectivity index (χ3v) is 4.21. The van der Waals surface area contributed by atoms with Crippen molar-refractivity contribution >= 4 is 5.91 Å². The van der Waals surface area contributed by atoms with Crippen molar-refractivity contribution in [1.29, 1.82) is 5.26 Å². The van der Waals surface area contributed by atoms with E-state index in [-0.39, 0.29) is 12.5 Å². The van der Waals surface area contributed by atoms with Crippen LogP contribution in [0.5, 0.6) is 0 Å². The van der Waals surface area contributed by atoms with Crippen LogP contribution in [0.1, 0.15) is 29.8 Å². The van der Waals surface area contributed by atoms with E-state index in [1.165, 1.54) is 5.56 Å². The summed E-state index contributed by atoms with van der Waals surface area (Å²) in [7, 11) is 0. The highest BCUT2D eigenvalue weighted by molar-refractivity contribution is 5.95. The molecular weight excluding hydrogens is 352 g/mol. The maximum absolute atomic E-state index is 12.0. The molecule has 1 amide bonds. The molecule has 142 valence electrons. The first-order valence-electron chi connectivity index (χ1n) is 9.12. The first kappa shape index (κ1) is 19.3. The van der Waals surface area contributed by atoms with E-state index in [1.54, 1.807) is 18.2 Å². The van der Waals surface area contributed by atoms with Gasteiger partial charge in [0, 0.05) is 35.3 Å². The van der Waals surface area contributed by atoms with Gasteiger partial charge in [0.1, 0.15) is 12.2 Å². The van der Waals surface area contributed by atoms with E-state index in [0.29, 0.717) is 23.1 Å². The molecule has 0 aliphatic heterocycles. The lowest BCUT2D eigenvalue weighted by molar-refractivity contribution is 0.0958. The van der Waals surface area contributed by atoms with Gasteiger partial charge < -0.3 is 15.2 Å². The lowest BCUT2D eigenvalue weighted by atomic mass is 10.1. The lowest BCUT2D eigenvalue weighted by Crippen LogP contribution is -2.23. The molecule has 0 saturated heterocycles. The first-order chi connectivity index (χ1) is 13.6. The smallest absolute Gasteiger partial charge is 0.252 e. The van der Waals surface area contributed by atoms with Crippen LogP contribution < -0.4 is 10.6 Å². The molecule has 3 aromatic rings. The summed E-state index contributed by atoms with van der Waals surface area (Å²) < 4.78 is 5.50. The Labute approximate surface area is 164 Å². The summed E-state index contributed by atoms with van der Waals surface area (Å²) in [6, 6.07) is 19.4. The predicted molar refractivity (Wildman–Crippen MR) is 107 cm³/mol. The maximum Gasteiger partial charge on any atom is 0.252 e. The van der Waals surface area contributed by atoms with Gasteiger partial charge in [0.2, 0.25) is 0 Å². The average molecular weight is 374 g/mol. The number of amides is 1. The van der Waals surface area contributed by atoms with E-state index in [9.17, 15) is 4.79 Å². The molecule has 0 aliphatic carbocycles. The summed E-state index contributed by atoms with van der Waals surface area (Å²) >= 11 is 0. The number of hydrogen-bond acceptors (Lipinski definition) is 5. The van der Waals surface area contributed by atoms with Crippen molar-refractivity contribution in [2.24, 2.45) is 0 Å². The number of carbonyl (C=O) groups excluding carboxylic acids is 1. The number of nitrogens with zero attached hydrogens (tertiary/aromatic N) is 2. The number of aromatic nitrogens is 1. The van der Waals surface area contributed by atoms with Crippen molar-refractivity contribution in [2.75, 3.05) is 6.54 Å². The number of hydrogen-bond donors (Lipinski definition) is 2. The number of nitrogens with one attached hydrogen (secondary N) is 2. The van der Waals surface area contributed by atoms with Crippen LogP contribution in [0.2, 0.25) is 0 Å². The molecule has 0 aliphatic rings. The van der Waals surface area contributed by atoms with Crippen LogP contribution in [0.25, 0.3) is 22.6 Å². The van der Waals surface area contributed by atoms with Gasteiger partial charge in [-0.1, -0.05) is 55.4 Å². The summed E-state index contributed by atoms with van der Waals surface area (Å²) in [6.45, 7) is 5.03. The Bertz CT molecular complexity index is 984. The highest BCUT2D eigenvalue weighted by Gasteiger charge is 2.11. The van der Waals surface area contributed by atoms with Crippen molar-refractivity contribution in [3.8, 4) is 28.7 Å². The van der Waals surface area contributed by atoms with E-state index in [4.69, 9.17) is 9.78 Å². The van der Waals surface area contributed by atoms with E-state index in [1.807, 2.05) is 30.3 Å². The molecule has 0 spiro atoms. The molecule has 0 fully saturated rings. The molecule has 1 heterocycles. The topological polar surface area (TPSA) is 91.0 Å². The largest absolute Gasteiger partial charge is 0.356 e. The van der Waals surface area contributed by atoms with Gasteiger partial charge in [-0.15, -0.1) is 0 Å². The van der Waals surface area contributed by atoms with Crippen molar-refractivity contribution in [3.63, 3.8) is 0 Å². The molecule has 2 aromatic carbocycles. The van der Waals surface area contributed by atoms with Crippen molar-refractivity contribution in [1.82, 2.24) is 15.8 Å². The van der Waals surface area contributed by atoms with Gasteiger partial charge in [-0.2, -0.15) is 5.26 Å². The van der Waals surface area contributed by atoms with Gasteiger partial charge in [-0.05, 0) is 17.7 Å². The number of rotatable bonds is 7. The zero-order chi connectivity index (χ0) is 19.9. The minimum absolute atomic E-state index is 0.0279. The molecular formula is C22H22N4O2. The molecule has 0 unspecified atom stereocenters. The number of nitriles is 1. The molecule has 3 rings (SSSR count). The fourth-order valence-corrected chi connectivity index (χ4v) is 2.70. The molecule has 28 heavy (non-hydrogen) atoms. The SMILES string of the molecule is CC(C)NCc1ccc(-c2cc(-c3cccc(C(=O)NCC#N)c3)no2)cc1. The second-order valence-corrected chi connectivity index (χ2v) is 6.73. The second kappa shape index (κ2) is 8.98. The Morgan fingerprint density at radius 1 is 1.14 bits per heavy atom. The monoisotopic (exact) mass is 374 g/mol. The minimum Gasteiger partial charge on any atom is -0.356 e. The standard InChI is InChI=1S/C22H22N4O2/c1-15(2)25-14-16-6-8-17(9-7-16)21-13-20(26-28-21)18-4-3-5-19(12-18)22(27)24-11-10-23/h3-9,12-13,15,25H,11,14H2,1-2H3,(H,24,27). The Morgan fingerprint density at radius 3 is 2.64 bits per heavy atom. The fourth-order valence-electron chi connectivity index (χ4n) is 2.70.